The number of hydrogen-bond acceptors (Lipinski definition) is 3. The maximum absolute atomic E-state index is 9.73. The second-order valence-corrected chi connectivity index (χ2v) is 2.19. The Bertz CT molecular complexity index is 220. The van der Waals surface area contributed by atoms with Crippen LogP contribution in [0.5, 0.6) is 0 Å². The van der Waals surface area contributed by atoms with Crippen molar-refractivity contribution in [1.29, 1.82) is 0 Å². The first-order valence-corrected chi connectivity index (χ1v) is 3.75. The summed E-state index contributed by atoms with van der Waals surface area (Å²) < 4.78 is 0. The summed E-state index contributed by atoms with van der Waals surface area (Å²) in [5.41, 5.74) is 4.68. The van der Waals surface area contributed by atoms with Crippen LogP contribution in [0.1, 0.15) is 19.8 Å². The van der Waals surface area contributed by atoms with E-state index in [1.807, 2.05) is 0 Å². The molecule has 0 rings (SSSR count). The molecule has 0 aliphatic carbocycles. The van der Waals surface area contributed by atoms with Crippen LogP contribution in [-0.4, -0.2) is 28.1 Å². The van der Waals surface area contributed by atoms with Crippen molar-refractivity contribution in [3.05, 3.63) is 12.2 Å². The molecule has 0 fully saturated rings. The third kappa shape index (κ3) is 22.5. The fourth-order valence-corrected chi connectivity index (χ4v) is 0.378. The Morgan fingerprint density at radius 3 is 1.57 bits per heavy atom. The van der Waals surface area contributed by atoms with E-state index < -0.39 is 17.8 Å². The summed E-state index contributed by atoms with van der Waals surface area (Å²) >= 11 is 0. The van der Waals surface area contributed by atoms with Crippen molar-refractivity contribution in [2.24, 2.45) is 5.73 Å². The van der Waals surface area contributed by atoms with Gasteiger partial charge in [-0.1, -0.05) is 6.08 Å². The lowest BCUT2D eigenvalue weighted by Gasteiger charge is -1.85. The minimum atomic E-state index is -1.08. The van der Waals surface area contributed by atoms with Gasteiger partial charge in [-0.05, 0) is 13.0 Å². The van der Waals surface area contributed by atoms with Gasteiger partial charge < -0.3 is 15.9 Å². The number of aliphatic carboxylic acids is 2. The molecule has 0 aliphatic rings. The van der Waals surface area contributed by atoms with Crippen LogP contribution >= 0.6 is 0 Å². The number of allylic oxidation sites excluding steroid dienone is 1. The van der Waals surface area contributed by atoms with Gasteiger partial charge in [-0.25, -0.2) is 0 Å². The summed E-state index contributed by atoms with van der Waals surface area (Å²) in [6.45, 7) is 1.74. The topological polar surface area (TPSA) is 118 Å². The first-order valence-electron chi connectivity index (χ1n) is 3.75. The molecule has 1 amide bonds. The summed E-state index contributed by atoms with van der Waals surface area (Å²) in [7, 11) is 0. The highest BCUT2D eigenvalue weighted by atomic mass is 16.4. The fraction of sp³-hybridized carbons (Fsp3) is 0.375. The van der Waals surface area contributed by atoms with E-state index in [1.54, 1.807) is 13.0 Å². The summed E-state index contributed by atoms with van der Waals surface area (Å²) in [6, 6.07) is 0. The predicted octanol–water partition coefficient (Wildman–Crippen LogP) is -0.0164. The normalized spacial score (nSPS) is 8.93. The molecule has 0 saturated heterocycles. The van der Waals surface area contributed by atoms with E-state index in [1.165, 1.54) is 6.08 Å². The molecule has 0 atom stereocenters. The van der Waals surface area contributed by atoms with Gasteiger partial charge in [0.05, 0.1) is 12.8 Å². The van der Waals surface area contributed by atoms with Gasteiger partial charge in [-0.15, -0.1) is 0 Å². The van der Waals surface area contributed by atoms with Gasteiger partial charge in [0.15, 0.2) is 0 Å². The van der Waals surface area contributed by atoms with Gasteiger partial charge in [-0.3, -0.25) is 14.4 Å². The van der Waals surface area contributed by atoms with E-state index >= 15 is 0 Å². The van der Waals surface area contributed by atoms with Crippen molar-refractivity contribution in [2.45, 2.75) is 19.8 Å². The van der Waals surface area contributed by atoms with Crippen LogP contribution < -0.4 is 5.73 Å². The van der Waals surface area contributed by atoms with Gasteiger partial charge in [0.25, 0.3) is 0 Å². The molecule has 4 N–H and O–H groups in total. The van der Waals surface area contributed by atoms with E-state index in [9.17, 15) is 14.4 Å². The Labute approximate surface area is 81.0 Å². The summed E-state index contributed by atoms with van der Waals surface area (Å²) in [5, 5.41) is 15.8. The van der Waals surface area contributed by atoms with Crippen molar-refractivity contribution < 1.29 is 24.6 Å². The molecular weight excluding hydrogens is 190 g/mol. The maximum Gasteiger partial charge on any atom is 0.303 e. The number of carboxylic acids is 2. The van der Waals surface area contributed by atoms with Gasteiger partial charge in [0.2, 0.25) is 5.91 Å². The minimum absolute atomic E-state index is 0.296. The molecule has 0 bridgehead atoms. The molecule has 0 aromatic heterocycles. The molecular formula is C8H13NO5. The monoisotopic (exact) mass is 203 g/mol. The second-order valence-electron chi connectivity index (χ2n) is 2.19. The van der Waals surface area contributed by atoms with E-state index in [4.69, 9.17) is 10.2 Å². The standard InChI is InChI=1S/C4H7NO.C4H6O4/c1-2-3-4(5)6;5-3(6)1-2-4(7)8/h2-3H,1H3,(H2,5,6);1-2H2,(H,5,6)(H,7,8). The quantitative estimate of drug-likeness (QED) is 0.555. The van der Waals surface area contributed by atoms with Crippen molar-refractivity contribution in [3.63, 3.8) is 0 Å². The highest BCUT2D eigenvalue weighted by Crippen LogP contribution is 1.86. The number of rotatable bonds is 4. The van der Waals surface area contributed by atoms with Crippen LogP contribution in [0.2, 0.25) is 0 Å². The van der Waals surface area contributed by atoms with Crippen LogP contribution in [0.25, 0.3) is 0 Å². The van der Waals surface area contributed by atoms with Gasteiger partial charge in [0, 0.05) is 0 Å². The zero-order valence-corrected chi connectivity index (χ0v) is 7.77. The Morgan fingerprint density at radius 1 is 1.14 bits per heavy atom. The molecule has 0 saturated carbocycles. The summed E-state index contributed by atoms with van der Waals surface area (Å²) in [6.07, 6.45) is 2.31. The molecule has 0 unspecified atom stereocenters. The van der Waals surface area contributed by atoms with E-state index in [0.29, 0.717) is 0 Å². The number of amides is 1. The Kier molecular flexibility index (Phi) is 9.68. The van der Waals surface area contributed by atoms with Gasteiger partial charge in [0.1, 0.15) is 0 Å². The Balaban J connectivity index is 0. The zero-order valence-electron chi connectivity index (χ0n) is 7.77. The van der Waals surface area contributed by atoms with Crippen molar-refractivity contribution in [1.82, 2.24) is 0 Å². The average molecular weight is 203 g/mol. The lowest BCUT2D eigenvalue weighted by Crippen LogP contribution is -2.04. The zero-order chi connectivity index (χ0) is 11.6. The first kappa shape index (κ1) is 14.7. The first-order chi connectivity index (χ1) is 6.40. The molecule has 14 heavy (non-hydrogen) atoms. The molecule has 0 aromatic carbocycles. The molecule has 0 heterocycles. The van der Waals surface area contributed by atoms with E-state index in [2.05, 4.69) is 5.73 Å². The third-order valence-electron chi connectivity index (χ3n) is 0.884. The number of carboxylic acid groups (broad SMARTS) is 2. The highest BCUT2D eigenvalue weighted by Gasteiger charge is 2.00. The lowest BCUT2D eigenvalue weighted by atomic mass is 10.3. The average Bonchev–Trinajstić information content (AvgIpc) is 2.01. The molecule has 0 aliphatic heterocycles. The maximum atomic E-state index is 9.73. The number of carbonyl (C=O) groups excluding carboxylic acids is 1. The number of hydrogen-bond donors (Lipinski definition) is 3. The summed E-state index contributed by atoms with van der Waals surface area (Å²) in [5.74, 6) is -2.54. The van der Waals surface area contributed by atoms with Crippen LogP contribution in [0, 0.1) is 0 Å². The third-order valence-corrected chi connectivity index (χ3v) is 0.884. The Morgan fingerprint density at radius 2 is 1.50 bits per heavy atom. The lowest BCUT2D eigenvalue weighted by molar-refractivity contribution is -0.143. The predicted molar refractivity (Wildman–Crippen MR) is 48.5 cm³/mol. The van der Waals surface area contributed by atoms with Gasteiger partial charge >= 0.3 is 11.9 Å². The van der Waals surface area contributed by atoms with Crippen LogP contribution in [-0.2, 0) is 14.4 Å². The summed E-state index contributed by atoms with van der Waals surface area (Å²) in [4.78, 5) is 29.0. The highest BCUT2D eigenvalue weighted by molar-refractivity contribution is 5.85. The Hall–Kier alpha value is -1.85. The van der Waals surface area contributed by atoms with E-state index in [-0.39, 0.29) is 12.8 Å². The van der Waals surface area contributed by atoms with E-state index in [0.717, 1.165) is 0 Å². The SMILES string of the molecule is CC=CC(N)=O.O=C(O)CCC(=O)O. The second kappa shape index (κ2) is 9.24. The van der Waals surface area contributed by atoms with Crippen LogP contribution in [0.3, 0.4) is 0 Å². The smallest absolute Gasteiger partial charge is 0.303 e. The van der Waals surface area contributed by atoms with Gasteiger partial charge in [-0.2, -0.15) is 0 Å². The largest absolute Gasteiger partial charge is 0.481 e. The fourth-order valence-electron chi connectivity index (χ4n) is 0.378. The van der Waals surface area contributed by atoms with Crippen LogP contribution in [0.4, 0.5) is 0 Å². The molecule has 6 nitrogen and oxygen atoms in total. The number of primary amides is 1. The molecule has 6 heteroatoms. The number of carbonyl (C=O) groups is 3. The molecule has 0 spiro atoms. The molecule has 0 aromatic rings. The van der Waals surface area contributed by atoms with Crippen molar-refractivity contribution in [2.75, 3.05) is 0 Å². The van der Waals surface area contributed by atoms with Crippen molar-refractivity contribution >= 4 is 17.8 Å². The number of nitrogens with two attached hydrogens (primary N) is 1. The molecule has 0 radical (unpaired) electrons. The van der Waals surface area contributed by atoms with Crippen molar-refractivity contribution in [3.8, 4) is 0 Å². The molecule has 80 valence electrons. The minimum Gasteiger partial charge on any atom is -0.481 e. The van der Waals surface area contributed by atoms with Crippen LogP contribution in [0.15, 0.2) is 12.2 Å².